The van der Waals surface area contributed by atoms with Crippen molar-refractivity contribution in [2.75, 3.05) is 6.54 Å². The van der Waals surface area contributed by atoms with E-state index in [0.29, 0.717) is 17.8 Å². The molecule has 0 aliphatic rings. The van der Waals surface area contributed by atoms with Gasteiger partial charge in [-0.05, 0) is 25.1 Å². The van der Waals surface area contributed by atoms with Crippen LogP contribution in [0.1, 0.15) is 39.0 Å². The molecule has 0 spiro atoms. The molecule has 102 valence electrons. The molecule has 1 N–H and O–H groups in total. The van der Waals surface area contributed by atoms with E-state index in [-0.39, 0.29) is 5.92 Å². The van der Waals surface area contributed by atoms with E-state index in [4.69, 9.17) is 4.52 Å². The Balaban J connectivity index is 2.16. The summed E-state index contributed by atoms with van der Waals surface area (Å²) < 4.78 is 5.38. The number of hydrogen-bond donors (Lipinski definition) is 1. The van der Waals surface area contributed by atoms with Gasteiger partial charge in [-0.1, -0.05) is 25.9 Å². The van der Waals surface area contributed by atoms with E-state index in [1.807, 2.05) is 12.1 Å². The first kappa shape index (κ1) is 13.7. The second-order valence-electron chi connectivity index (χ2n) is 4.56. The third kappa shape index (κ3) is 3.17. The smallest absolute Gasteiger partial charge is 0.231 e. The second kappa shape index (κ2) is 6.43. The highest BCUT2D eigenvalue weighted by molar-refractivity contribution is 5.51. The van der Waals surface area contributed by atoms with Crippen LogP contribution in [0.15, 0.2) is 29.0 Å². The van der Waals surface area contributed by atoms with Crippen LogP contribution in [-0.4, -0.2) is 27.7 Å². The fourth-order valence-electron chi connectivity index (χ4n) is 2.14. The molecule has 0 radical (unpaired) electrons. The average molecular weight is 260 g/mol. The van der Waals surface area contributed by atoms with E-state index >= 15 is 0 Å². The minimum atomic E-state index is 0.197. The molecule has 2 rings (SSSR count). The van der Waals surface area contributed by atoms with Crippen molar-refractivity contribution in [2.45, 2.75) is 39.2 Å². The average Bonchev–Trinajstić information content (AvgIpc) is 2.95. The molecule has 2 unspecified atom stereocenters. The maximum Gasteiger partial charge on any atom is 0.231 e. The molecule has 2 atom stereocenters. The molecule has 0 fully saturated rings. The molecule has 0 saturated heterocycles. The van der Waals surface area contributed by atoms with Gasteiger partial charge in [0, 0.05) is 24.0 Å². The Kier molecular flexibility index (Phi) is 4.63. The maximum absolute atomic E-state index is 5.38. The number of pyridine rings is 1. The van der Waals surface area contributed by atoms with Gasteiger partial charge in [-0.25, -0.2) is 0 Å². The van der Waals surface area contributed by atoms with Crippen molar-refractivity contribution in [3.8, 4) is 11.4 Å². The fraction of sp³-hybridized carbons (Fsp3) is 0.500. The van der Waals surface area contributed by atoms with Crippen LogP contribution in [0.2, 0.25) is 0 Å². The number of nitrogens with one attached hydrogen (secondary N) is 1. The lowest BCUT2D eigenvalue weighted by atomic mass is 9.99. The van der Waals surface area contributed by atoms with E-state index in [2.05, 4.69) is 41.2 Å². The lowest BCUT2D eigenvalue weighted by molar-refractivity contribution is 0.321. The Morgan fingerprint density at radius 2 is 2.21 bits per heavy atom. The first-order chi connectivity index (χ1) is 9.26. The largest absolute Gasteiger partial charge is 0.339 e. The van der Waals surface area contributed by atoms with Crippen molar-refractivity contribution in [3.05, 3.63) is 30.4 Å². The van der Waals surface area contributed by atoms with Gasteiger partial charge in [-0.2, -0.15) is 4.98 Å². The lowest BCUT2D eigenvalue weighted by Gasteiger charge is -2.20. The third-order valence-corrected chi connectivity index (χ3v) is 3.26. The van der Waals surface area contributed by atoms with E-state index in [1.165, 1.54) is 0 Å². The normalized spacial score (nSPS) is 14.3. The van der Waals surface area contributed by atoms with Crippen LogP contribution in [0.3, 0.4) is 0 Å². The van der Waals surface area contributed by atoms with Crippen molar-refractivity contribution in [3.63, 3.8) is 0 Å². The molecule has 5 heteroatoms. The highest BCUT2D eigenvalue weighted by atomic mass is 16.5. The predicted molar refractivity (Wildman–Crippen MR) is 73.7 cm³/mol. The number of aromatic nitrogens is 3. The SMILES string of the molecule is CCNC(CC)C(C)c1nc(-c2cccnc2)no1. The Morgan fingerprint density at radius 3 is 2.84 bits per heavy atom. The molecule has 0 bridgehead atoms. The van der Waals surface area contributed by atoms with E-state index < -0.39 is 0 Å². The molecule has 2 aromatic heterocycles. The standard InChI is InChI=1S/C14H20N4O/c1-4-12(16-5-2)10(3)14-17-13(18-19-14)11-7-6-8-15-9-11/h6-10,12,16H,4-5H2,1-3H3. The van der Waals surface area contributed by atoms with Crippen molar-refractivity contribution in [1.29, 1.82) is 0 Å². The topological polar surface area (TPSA) is 63.8 Å². The van der Waals surface area contributed by atoms with Crippen LogP contribution in [0.25, 0.3) is 11.4 Å². The molecule has 2 heterocycles. The predicted octanol–water partition coefficient (Wildman–Crippen LogP) is 2.62. The number of hydrogen-bond acceptors (Lipinski definition) is 5. The summed E-state index contributed by atoms with van der Waals surface area (Å²) in [6.07, 6.45) is 4.49. The van der Waals surface area contributed by atoms with Gasteiger partial charge in [-0.15, -0.1) is 0 Å². The van der Waals surface area contributed by atoms with Crippen molar-refractivity contribution in [1.82, 2.24) is 20.4 Å². The first-order valence-corrected chi connectivity index (χ1v) is 6.73. The van der Waals surface area contributed by atoms with Gasteiger partial charge >= 0.3 is 0 Å². The Bertz CT molecular complexity index is 497. The third-order valence-electron chi connectivity index (χ3n) is 3.26. The summed E-state index contributed by atoms with van der Waals surface area (Å²) in [7, 11) is 0. The zero-order valence-electron chi connectivity index (χ0n) is 11.6. The minimum absolute atomic E-state index is 0.197. The molecule has 19 heavy (non-hydrogen) atoms. The van der Waals surface area contributed by atoms with Crippen LogP contribution in [-0.2, 0) is 0 Å². The van der Waals surface area contributed by atoms with Crippen LogP contribution in [0.5, 0.6) is 0 Å². The quantitative estimate of drug-likeness (QED) is 0.865. The highest BCUT2D eigenvalue weighted by Crippen LogP contribution is 2.22. The van der Waals surface area contributed by atoms with Crippen LogP contribution in [0.4, 0.5) is 0 Å². The zero-order valence-corrected chi connectivity index (χ0v) is 11.6. The highest BCUT2D eigenvalue weighted by Gasteiger charge is 2.22. The Hall–Kier alpha value is -1.75. The fourth-order valence-corrected chi connectivity index (χ4v) is 2.14. The summed E-state index contributed by atoms with van der Waals surface area (Å²) in [4.78, 5) is 8.54. The summed E-state index contributed by atoms with van der Waals surface area (Å²) in [5, 5.41) is 7.47. The lowest BCUT2D eigenvalue weighted by Crippen LogP contribution is -2.33. The van der Waals surface area contributed by atoms with E-state index in [0.717, 1.165) is 18.5 Å². The van der Waals surface area contributed by atoms with Crippen molar-refractivity contribution < 1.29 is 4.52 Å². The van der Waals surface area contributed by atoms with Crippen molar-refractivity contribution in [2.24, 2.45) is 0 Å². The van der Waals surface area contributed by atoms with Gasteiger partial charge in [-0.3, -0.25) is 4.98 Å². The van der Waals surface area contributed by atoms with Gasteiger partial charge in [0.2, 0.25) is 11.7 Å². The van der Waals surface area contributed by atoms with E-state index in [9.17, 15) is 0 Å². The van der Waals surface area contributed by atoms with Gasteiger partial charge in [0.15, 0.2) is 0 Å². The summed E-state index contributed by atoms with van der Waals surface area (Å²) in [5.41, 5.74) is 0.876. The summed E-state index contributed by atoms with van der Waals surface area (Å²) in [6, 6.07) is 4.14. The minimum Gasteiger partial charge on any atom is -0.339 e. The van der Waals surface area contributed by atoms with Crippen LogP contribution >= 0.6 is 0 Å². The number of rotatable bonds is 6. The van der Waals surface area contributed by atoms with Crippen molar-refractivity contribution >= 4 is 0 Å². The monoisotopic (exact) mass is 260 g/mol. The number of nitrogens with zero attached hydrogens (tertiary/aromatic N) is 3. The maximum atomic E-state index is 5.38. The Labute approximate surface area is 113 Å². The molecule has 0 saturated carbocycles. The summed E-state index contributed by atoms with van der Waals surface area (Å²) in [5.74, 6) is 1.47. The zero-order chi connectivity index (χ0) is 13.7. The molecule has 5 nitrogen and oxygen atoms in total. The van der Waals surface area contributed by atoms with Crippen LogP contribution < -0.4 is 5.32 Å². The molecule has 0 aliphatic carbocycles. The summed E-state index contributed by atoms with van der Waals surface area (Å²) >= 11 is 0. The first-order valence-electron chi connectivity index (χ1n) is 6.73. The van der Waals surface area contributed by atoms with Gasteiger partial charge in [0.05, 0.1) is 5.92 Å². The van der Waals surface area contributed by atoms with Crippen LogP contribution in [0, 0.1) is 0 Å². The molecule has 0 amide bonds. The molecular weight excluding hydrogens is 240 g/mol. The molecule has 0 aliphatic heterocycles. The molecule has 0 aromatic carbocycles. The second-order valence-corrected chi connectivity index (χ2v) is 4.56. The summed E-state index contributed by atoms with van der Waals surface area (Å²) in [6.45, 7) is 7.30. The van der Waals surface area contributed by atoms with Gasteiger partial charge < -0.3 is 9.84 Å². The molecule has 2 aromatic rings. The van der Waals surface area contributed by atoms with Gasteiger partial charge in [0.1, 0.15) is 0 Å². The molecular formula is C14H20N4O. The number of likely N-dealkylation sites (N-methyl/N-ethyl adjacent to an activating group) is 1. The Morgan fingerprint density at radius 1 is 1.37 bits per heavy atom. The van der Waals surface area contributed by atoms with Gasteiger partial charge in [0.25, 0.3) is 0 Å². The van der Waals surface area contributed by atoms with E-state index in [1.54, 1.807) is 12.4 Å².